The quantitative estimate of drug-likeness (QED) is 0.779. The van der Waals surface area contributed by atoms with E-state index in [9.17, 15) is 0 Å². The molecule has 0 atom stereocenters. The Morgan fingerprint density at radius 2 is 1.43 bits per heavy atom. The van der Waals surface area contributed by atoms with E-state index in [1.54, 1.807) is 0 Å². The van der Waals surface area contributed by atoms with Crippen molar-refractivity contribution in [1.82, 2.24) is 5.32 Å². The molecule has 0 spiro atoms. The van der Waals surface area contributed by atoms with Crippen LogP contribution in [0.15, 0.2) is 54.6 Å². The Balaban J connectivity index is 1.51. The molecule has 21 heavy (non-hydrogen) atoms. The fourth-order valence-electron chi connectivity index (χ4n) is 2.71. The number of benzene rings is 2. The van der Waals surface area contributed by atoms with Crippen molar-refractivity contribution in [2.75, 3.05) is 30.3 Å². The van der Waals surface area contributed by atoms with E-state index in [0.29, 0.717) is 0 Å². The van der Waals surface area contributed by atoms with Gasteiger partial charge in [0.1, 0.15) is 0 Å². The normalized spacial score (nSPS) is 15.6. The van der Waals surface area contributed by atoms with Crippen molar-refractivity contribution in [2.24, 2.45) is 5.92 Å². The minimum atomic E-state index is 0.799. The first-order valence-electron chi connectivity index (χ1n) is 7.77. The first-order valence-corrected chi connectivity index (χ1v) is 7.77. The van der Waals surface area contributed by atoms with Gasteiger partial charge in [-0.1, -0.05) is 18.2 Å². The van der Waals surface area contributed by atoms with Crippen LogP contribution in [0.4, 0.5) is 17.1 Å². The second kappa shape index (κ2) is 7.14. The molecule has 1 heterocycles. The number of para-hydroxylation sites is 1. The average molecular weight is 281 g/mol. The molecule has 0 aromatic heterocycles. The first kappa shape index (κ1) is 14.0. The average Bonchev–Trinajstić information content (AvgIpc) is 2.56. The van der Waals surface area contributed by atoms with Crippen LogP contribution in [0.1, 0.15) is 12.8 Å². The number of rotatable bonds is 5. The highest BCUT2D eigenvalue weighted by atomic mass is 14.9. The van der Waals surface area contributed by atoms with Crippen LogP contribution in [0.2, 0.25) is 0 Å². The number of hydrogen-bond donors (Lipinski definition) is 3. The summed E-state index contributed by atoms with van der Waals surface area (Å²) >= 11 is 0. The van der Waals surface area contributed by atoms with Crippen LogP contribution < -0.4 is 16.0 Å². The predicted molar refractivity (Wildman–Crippen MR) is 90.3 cm³/mol. The molecule has 3 heteroatoms. The molecule has 1 aliphatic rings. The minimum Gasteiger partial charge on any atom is -0.385 e. The summed E-state index contributed by atoms with van der Waals surface area (Å²) in [6.45, 7) is 3.39. The van der Waals surface area contributed by atoms with Gasteiger partial charge in [-0.15, -0.1) is 0 Å². The fourth-order valence-corrected chi connectivity index (χ4v) is 2.71. The van der Waals surface area contributed by atoms with Crippen LogP contribution >= 0.6 is 0 Å². The highest BCUT2D eigenvalue weighted by Gasteiger charge is 2.12. The molecule has 3 rings (SSSR count). The minimum absolute atomic E-state index is 0.799. The van der Waals surface area contributed by atoms with Gasteiger partial charge in [-0.25, -0.2) is 0 Å². The third-order valence-electron chi connectivity index (χ3n) is 4.00. The van der Waals surface area contributed by atoms with Crippen molar-refractivity contribution in [2.45, 2.75) is 12.8 Å². The predicted octanol–water partition coefficient (Wildman–Crippen LogP) is 3.84. The van der Waals surface area contributed by atoms with E-state index >= 15 is 0 Å². The monoisotopic (exact) mass is 281 g/mol. The van der Waals surface area contributed by atoms with Crippen molar-refractivity contribution >= 4 is 17.1 Å². The summed E-state index contributed by atoms with van der Waals surface area (Å²) in [6.07, 6.45) is 2.56. The molecule has 2 aromatic carbocycles. The van der Waals surface area contributed by atoms with Gasteiger partial charge in [0.2, 0.25) is 0 Å². The van der Waals surface area contributed by atoms with E-state index in [2.05, 4.69) is 52.3 Å². The van der Waals surface area contributed by atoms with Crippen LogP contribution in [-0.2, 0) is 0 Å². The van der Waals surface area contributed by atoms with Crippen molar-refractivity contribution in [3.05, 3.63) is 54.6 Å². The first-order chi connectivity index (χ1) is 10.4. The lowest BCUT2D eigenvalue weighted by Crippen LogP contribution is -2.31. The van der Waals surface area contributed by atoms with Crippen LogP contribution in [0, 0.1) is 5.92 Å². The molecule has 1 aliphatic heterocycles. The number of nitrogens with one attached hydrogen (secondary N) is 3. The van der Waals surface area contributed by atoms with E-state index in [1.165, 1.54) is 18.5 Å². The Labute approximate surface area is 126 Å². The highest BCUT2D eigenvalue weighted by molar-refractivity contribution is 5.62. The number of hydrogen-bond acceptors (Lipinski definition) is 3. The van der Waals surface area contributed by atoms with Gasteiger partial charge in [-0.3, -0.25) is 0 Å². The third kappa shape index (κ3) is 4.23. The molecule has 0 saturated carbocycles. The van der Waals surface area contributed by atoms with E-state index in [1.807, 2.05) is 18.2 Å². The maximum atomic E-state index is 3.55. The highest BCUT2D eigenvalue weighted by Crippen LogP contribution is 2.19. The third-order valence-corrected chi connectivity index (χ3v) is 4.00. The van der Waals surface area contributed by atoms with Crippen LogP contribution in [0.25, 0.3) is 0 Å². The van der Waals surface area contributed by atoms with Crippen LogP contribution in [-0.4, -0.2) is 19.6 Å². The molecular weight excluding hydrogens is 258 g/mol. The fraction of sp³-hybridized carbons (Fsp3) is 0.333. The Kier molecular flexibility index (Phi) is 4.74. The van der Waals surface area contributed by atoms with Crippen LogP contribution in [0.3, 0.4) is 0 Å². The Bertz CT molecular complexity index is 530. The summed E-state index contributed by atoms with van der Waals surface area (Å²) in [5, 5.41) is 10.4. The SMILES string of the molecule is c1ccc(Nc2ccc(NCC3CCNCC3)cc2)cc1. The molecule has 1 saturated heterocycles. The summed E-state index contributed by atoms with van der Waals surface area (Å²) in [5.74, 6) is 0.799. The standard InChI is InChI=1S/C18H23N3/c1-2-4-17(5-3-1)21-18-8-6-16(7-9-18)20-14-15-10-12-19-13-11-15/h1-9,15,19-21H,10-14H2. The molecular formula is C18H23N3. The number of anilines is 3. The second-order valence-electron chi connectivity index (χ2n) is 5.64. The molecule has 0 aliphatic carbocycles. The number of piperidine rings is 1. The van der Waals surface area contributed by atoms with E-state index < -0.39 is 0 Å². The van der Waals surface area contributed by atoms with Gasteiger partial charge in [0.25, 0.3) is 0 Å². The van der Waals surface area contributed by atoms with Gasteiger partial charge in [0.05, 0.1) is 0 Å². The van der Waals surface area contributed by atoms with Crippen LogP contribution in [0.5, 0.6) is 0 Å². The molecule has 3 nitrogen and oxygen atoms in total. The lowest BCUT2D eigenvalue weighted by Gasteiger charge is -2.23. The van der Waals surface area contributed by atoms with Gasteiger partial charge >= 0.3 is 0 Å². The Morgan fingerprint density at radius 3 is 2.14 bits per heavy atom. The maximum Gasteiger partial charge on any atom is 0.0385 e. The smallest absolute Gasteiger partial charge is 0.0385 e. The van der Waals surface area contributed by atoms with Gasteiger partial charge in [-0.05, 0) is 68.2 Å². The molecule has 0 bridgehead atoms. The molecule has 110 valence electrons. The largest absolute Gasteiger partial charge is 0.385 e. The molecule has 1 fully saturated rings. The van der Waals surface area contributed by atoms with Gasteiger partial charge in [-0.2, -0.15) is 0 Å². The molecule has 0 amide bonds. The zero-order chi connectivity index (χ0) is 14.3. The zero-order valence-corrected chi connectivity index (χ0v) is 12.3. The van der Waals surface area contributed by atoms with E-state index in [4.69, 9.17) is 0 Å². The molecule has 0 unspecified atom stereocenters. The summed E-state index contributed by atoms with van der Waals surface area (Å²) < 4.78 is 0. The zero-order valence-electron chi connectivity index (χ0n) is 12.3. The van der Waals surface area contributed by atoms with Gasteiger partial charge in [0, 0.05) is 23.6 Å². The van der Waals surface area contributed by atoms with Crippen molar-refractivity contribution < 1.29 is 0 Å². The molecule has 3 N–H and O–H groups in total. The van der Waals surface area contributed by atoms with Crippen molar-refractivity contribution in [3.63, 3.8) is 0 Å². The lowest BCUT2D eigenvalue weighted by molar-refractivity contribution is 0.390. The summed E-state index contributed by atoms with van der Waals surface area (Å²) in [6, 6.07) is 18.8. The van der Waals surface area contributed by atoms with E-state index in [-0.39, 0.29) is 0 Å². The van der Waals surface area contributed by atoms with Crippen molar-refractivity contribution in [3.8, 4) is 0 Å². The topological polar surface area (TPSA) is 36.1 Å². The summed E-state index contributed by atoms with van der Waals surface area (Å²) in [7, 11) is 0. The Hall–Kier alpha value is -2.00. The summed E-state index contributed by atoms with van der Waals surface area (Å²) in [4.78, 5) is 0. The van der Waals surface area contributed by atoms with Gasteiger partial charge in [0.15, 0.2) is 0 Å². The maximum absolute atomic E-state index is 3.55. The second-order valence-corrected chi connectivity index (χ2v) is 5.64. The van der Waals surface area contributed by atoms with E-state index in [0.717, 1.165) is 36.9 Å². The van der Waals surface area contributed by atoms with Crippen molar-refractivity contribution in [1.29, 1.82) is 0 Å². The Morgan fingerprint density at radius 1 is 0.810 bits per heavy atom. The molecule has 2 aromatic rings. The van der Waals surface area contributed by atoms with Gasteiger partial charge < -0.3 is 16.0 Å². The molecule has 0 radical (unpaired) electrons. The summed E-state index contributed by atoms with van der Waals surface area (Å²) in [5.41, 5.74) is 3.44. The lowest BCUT2D eigenvalue weighted by atomic mass is 9.98.